The Bertz CT molecular complexity index is 922. The first-order valence-electron chi connectivity index (χ1n) is 10.5. The van der Waals surface area contributed by atoms with Crippen molar-refractivity contribution >= 4 is 30.6 Å². The monoisotopic (exact) mass is 472 g/mol. The summed E-state index contributed by atoms with van der Waals surface area (Å²) in [6.45, 7) is -0.690. The van der Waals surface area contributed by atoms with E-state index in [4.69, 9.17) is 18.8 Å². The number of esters is 1. The highest BCUT2D eigenvalue weighted by molar-refractivity contribution is 6.61. The van der Waals surface area contributed by atoms with Gasteiger partial charge in [-0.15, -0.1) is 0 Å². The van der Waals surface area contributed by atoms with Crippen molar-refractivity contribution in [3.8, 4) is 0 Å². The Balaban J connectivity index is 1.98. The number of methoxy groups -OCH3 is 1. The van der Waals surface area contributed by atoms with Crippen molar-refractivity contribution in [1.82, 2.24) is 10.6 Å². The minimum atomic E-state index is -1.32. The van der Waals surface area contributed by atoms with Crippen molar-refractivity contribution in [1.29, 1.82) is 0 Å². The molecule has 0 aromatic heterocycles. The number of aliphatic hydroxyl groups excluding tert-OH is 1. The van der Waals surface area contributed by atoms with Gasteiger partial charge in [-0.25, -0.2) is 9.59 Å². The minimum Gasteiger partial charge on any atom is -0.467 e. The predicted octanol–water partition coefficient (Wildman–Crippen LogP) is 0.162. The zero-order valence-electron chi connectivity index (χ0n) is 19.4. The summed E-state index contributed by atoms with van der Waals surface area (Å²) >= 11 is 0. The lowest BCUT2D eigenvalue weighted by atomic mass is 9.78. The van der Waals surface area contributed by atoms with Crippen molar-refractivity contribution in [2.45, 2.75) is 25.1 Å². The third-order valence-corrected chi connectivity index (χ3v) is 4.93. The molecule has 0 aliphatic carbocycles. The van der Waals surface area contributed by atoms with Gasteiger partial charge in [-0.3, -0.25) is 4.79 Å². The zero-order valence-corrected chi connectivity index (χ0v) is 19.4. The second kappa shape index (κ2) is 14.0. The molecule has 0 radical (unpaired) electrons. The first kappa shape index (κ1) is 26.8. The Morgan fingerprint density at radius 1 is 0.882 bits per heavy atom. The highest BCUT2D eigenvalue weighted by Gasteiger charge is 2.28. The normalized spacial score (nSPS) is 12.2. The molecular weight excluding hydrogens is 443 g/mol. The van der Waals surface area contributed by atoms with Crippen LogP contribution in [0.5, 0.6) is 0 Å². The second-order valence-electron chi connectivity index (χ2n) is 7.27. The quantitative estimate of drug-likeness (QED) is 0.294. The summed E-state index contributed by atoms with van der Waals surface area (Å²) in [5.41, 5.74) is 2.29. The number of hydrogen-bond acceptors (Lipinski definition) is 8. The van der Waals surface area contributed by atoms with Crippen LogP contribution in [0.4, 0.5) is 4.79 Å². The Hall–Kier alpha value is -3.41. The van der Waals surface area contributed by atoms with Gasteiger partial charge in [0.1, 0.15) is 18.7 Å². The third kappa shape index (κ3) is 8.18. The van der Waals surface area contributed by atoms with Crippen molar-refractivity contribution < 1.29 is 38.3 Å². The number of carbonyl (C=O) groups excluding carboxylic acids is 3. The lowest BCUT2D eigenvalue weighted by molar-refractivity contribution is -0.145. The molecule has 182 valence electrons. The summed E-state index contributed by atoms with van der Waals surface area (Å²) in [4.78, 5) is 37.0. The Morgan fingerprint density at radius 3 is 2.09 bits per heavy atom. The number of alkyl carbamates (subject to hydrolysis) is 1. The van der Waals surface area contributed by atoms with Crippen LogP contribution in [0, 0.1) is 0 Å². The average Bonchev–Trinajstić information content (AvgIpc) is 2.87. The van der Waals surface area contributed by atoms with Crippen LogP contribution >= 0.6 is 0 Å². The number of rotatable bonds is 12. The smallest absolute Gasteiger partial charge is 0.467 e. The molecule has 2 atom stereocenters. The van der Waals surface area contributed by atoms with E-state index in [9.17, 15) is 19.5 Å². The van der Waals surface area contributed by atoms with Crippen LogP contribution in [0.3, 0.4) is 0 Å². The second-order valence-corrected chi connectivity index (χ2v) is 7.27. The van der Waals surface area contributed by atoms with Crippen molar-refractivity contribution in [2.24, 2.45) is 0 Å². The Kier molecular flexibility index (Phi) is 11.0. The van der Waals surface area contributed by atoms with E-state index in [2.05, 4.69) is 10.6 Å². The van der Waals surface area contributed by atoms with Gasteiger partial charge in [0.25, 0.3) is 0 Å². The van der Waals surface area contributed by atoms with Gasteiger partial charge in [0, 0.05) is 20.6 Å². The van der Waals surface area contributed by atoms with Crippen LogP contribution in [-0.2, 0) is 41.4 Å². The van der Waals surface area contributed by atoms with E-state index in [1.165, 1.54) is 21.3 Å². The average molecular weight is 472 g/mol. The molecule has 2 aromatic rings. The topological polar surface area (TPSA) is 132 Å². The Labute approximate surface area is 198 Å². The molecule has 2 aromatic carbocycles. The van der Waals surface area contributed by atoms with Crippen molar-refractivity contribution in [2.75, 3.05) is 27.9 Å². The first-order valence-corrected chi connectivity index (χ1v) is 10.5. The van der Waals surface area contributed by atoms with E-state index in [0.29, 0.717) is 0 Å². The summed E-state index contributed by atoms with van der Waals surface area (Å²) in [6.07, 6.45) is -0.756. The van der Waals surface area contributed by atoms with Gasteiger partial charge < -0.3 is 34.5 Å². The van der Waals surface area contributed by atoms with Crippen molar-refractivity contribution in [3.63, 3.8) is 0 Å². The van der Waals surface area contributed by atoms with Crippen LogP contribution in [0.15, 0.2) is 54.6 Å². The molecule has 0 bridgehead atoms. The Morgan fingerprint density at radius 2 is 1.53 bits per heavy atom. The van der Waals surface area contributed by atoms with Gasteiger partial charge in [0.15, 0.2) is 0 Å². The lowest BCUT2D eigenvalue weighted by Crippen LogP contribution is -2.54. The van der Waals surface area contributed by atoms with Gasteiger partial charge >= 0.3 is 19.2 Å². The molecule has 0 saturated carbocycles. The predicted molar refractivity (Wildman–Crippen MR) is 124 cm³/mol. The molecule has 0 fully saturated rings. The maximum Gasteiger partial charge on any atom is 0.493 e. The fraction of sp³-hybridized carbons (Fsp3) is 0.348. The van der Waals surface area contributed by atoms with Gasteiger partial charge in [0.2, 0.25) is 5.91 Å². The highest BCUT2D eigenvalue weighted by atomic mass is 16.6. The van der Waals surface area contributed by atoms with Gasteiger partial charge in [-0.05, 0) is 16.6 Å². The van der Waals surface area contributed by atoms with E-state index in [1.54, 1.807) is 48.5 Å². The van der Waals surface area contributed by atoms with E-state index < -0.39 is 43.8 Å². The fourth-order valence-electron chi connectivity index (χ4n) is 3.12. The molecule has 0 heterocycles. The van der Waals surface area contributed by atoms with Gasteiger partial charge in [0.05, 0.1) is 13.7 Å². The number of aliphatic hydroxyl groups is 1. The minimum absolute atomic E-state index is 0.000220. The van der Waals surface area contributed by atoms with Crippen LogP contribution in [-0.4, -0.2) is 70.2 Å². The summed E-state index contributed by atoms with van der Waals surface area (Å²) in [5, 5.41) is 14.4. The molecule has 2 amide bonds. The summed E-state index contributed by atoms with van der Waals surface area (Å²) in [7, 11) is 3.72. The molecule has 0 spiro atoms. The van der Waals surface area contributed by atoms with Crippen LogP contribution in [0.25, 0.3) is 0 Å². The fourth-order valence-corrected chi connectivity index (χ4v) is 3.12. The standard InChI is InChI=1S/C23H29BN2O8/c1-31-22(29)19(13-16-9-11-18(12-10-16)24(32-2)33-3)25-21(28)20(14-27)26-23(30)34-15-17-7-5-4-6-8-17/h4-12,19-20,27H,13-15H2,1-3H3,(H,25,28)(H,26,30)/t19-,20-/m0/s1. The van der Waals surface area contributed by atoms with E-state index in [0.717, 1.165) is 16.6 Å². The SMILES string of the molecule is COB(OC)c1ccc(C[C@H](NC(=O)[C@H](CO)NC(=O)OCc2ccccc2)C(=O)OC)cc1. The molecule has 10 nitrogen and oxygen atoms in total. The number of benzene rings is 2. The van der Waals surface area contributed by atoms with Gasteiger partial charge in [-0.2, -0.15) is 0 Å². The highest BCUT2D eigenvalue weighted by Crippen LogP contribution is 2.06. The van der Waals surface area contributed by atoms with E-state index >= 15 is 0 Å². The molecule has 3 N–H and O–H groups in total. The zero-order chi connectivity index (χ0) is 24.9. The number of hydrogen-bond donors (Lipinski definition) is 3. The third-order valence-electron chi connectivity index (χ3n) is 4.93. The number of nitrogens with one attached hydrogen (secondary N) is 2. The number of carbonyl (C=O) groups is 3. The van der Waals surface area contributed by atoms with Crippen LogP contribution in [0.2, 0.25) is 0 Å². The molecule has 34 heavy (non-hydrogen) atoms. The molecule has 0 aliphatic heterocycles. The lowest BCUT2D eigenvalue weighted by Gasteiger charge is -2.21. The van der Waals surface area contributed by atoms with E-state index in [1.807, 2.05) is 6.07 Å². The van der Waals surface area contributed by atoms with Crippen LogP contribution in [0.1, 0.15) is 11.1 Å². The van der Waals surface area contributed by atoms with Gasteiger partial charge in [-0.1, -0.05) is 54.6 Å². The largest absolute Gasteiger partial charge is 0.493 e. The summed E-state index contributed by atoms with van der Waals surface area (Å²) < 4.78 is 20.3. The van der Waals surface area contributed by atoms with E-state index in [-0.39, 0.29) is 13.0 Å². The first-order chi connectivity index (χ1) is 16.4. The van der Waals surface area contributed by atoms with Crippen molar-refractivity contribution in [3.05, 3.63) is 65.7 Å². The summed E-state index contributed by atoms with van der Waals surface area (Å²) in [6, 6.07) is 13.7. The maximum atomic E-state index is 12.6. The number of ether oxygens (including phenoxy) is 2. The maximum absolute atomic E-state index is 12.6. The molecule has 0 unspecified atom stereocenters. The molecule has 11 heteroatoms. The molecular formula is C23H29BN2O8. The number of amides is 2. The molecule has 0 aliphatic rings. The molecule has 0 saturated heterocycles. The summed E-state index contributed by atoms with van der Waals surface area (Å²) in [5.74, 6) is -1.43. The van der Waals surface area contributed by atoms with Crippen LogP contribution < -0.4 is 16.1 Å². The molecule has 2 rings (SSSR count).